The molecule has 31 heavy (non-hydrogen) atoms. The number of anilines is 2. The predicted octanol–water partition coefficient (Wildman–Crippen LogP) is 3.65. The summed E-state index contributed by atoms with van der Waals surface area (Å²) in [6.45, 7) is 3.34. The fraction of sp³-hybridized carbons (Fsp3) is 0.261. The zero-order valence-corrected chi connectivity index (χ0v) is 17.0. The first-order chi connectivity index (χ1) is 15.3. The number of halogens is 1. The van der Waals surface area contributed by atoms with Gasteiger partial charge in [0.15, 0.2) is 0 Å². The molecule has 158 valence electrons. The summed E-state index contributed by atoms with van der Waals surface area (Å²) >= 11 is 0. The standard InChI is InChI=1S/C23H23FN6O/c24-18-3-4-19-17(6-9-26-19)22(18)20-14-21(27-8-5-16-2-1-7-25-15-16)29-23(28-20)30-10-12-31-13-11-30/h1-4,6-7,9,14-15,26H,5,8,10-13H2,(H,27,28,29). The van der Waals surface area contributed by atoms with Gasteiger partial charge in [0.2, 0.25) is 5.95 Å². The first-order valence-corrected chi connectivity index (χ1v) is 10.4. The molecule has 2 N–H and O–H groups in total. The Morgan fingerprint density at radius 3 is 2.87 bits per heavy atom. The SMILES string of the molecule is Fc1ccc2[nH]ccc2c1-c1cc(NCCc2cccnc2)nc(N2CCOCC2)n1. The van der Waals surface area contributed by atoms with Crippen LogP contribution in [0.2, 0.25) is 0 Å². The van der Waals surface area contributed by atoms with E-state index in [0.717, 1.165) is 22.9 Å². The van der Waals surface area contributed by atoms with E-state index >= 15 is 0 Å². The molecule has 8 heteroatoms. The maximum absolute atomic E-state index is 14.9. The summed E-state index contributed by atoms with van der Waals surface area (Å²) < 4.78 is 20.4. The number of aromatic amines is 1. The summed E-state index contributed by atoms with van der Waals surface area (Å²) in [5.41, 5.74) is 3.05. The van der Waals surface area contributed by atoms with Gasteiger partial charge in [-0.1, -0.05) is 6.07 Å². The second-order valence-corrected chi connectivity index (χ2v) is 7.44. The maximum atomic E-state index is 14.9. The van der Waals surface area contributed by atoms with Gasteiger partial charge in [-0.15, -0.1) is 0 Å². The predicted molar refractivity (Wildman–Crippen MR) is 119 cm³/mol. The van der Waals surface area contributed by atoms with Crippen molar-refractivity contribution in [1.29, 1.82) is 0 Å². The molecule has 0 saturated carbocycles. The summed E-state index contributed by atoms with van der Waals surface area (Å²) in [4.78, 5) is 18.8. The molecule has 4 heterocycles. The molecular formula is C23H23FN6O. The molecule has 0 atom stereocenters. The van der Waals surface area contributed by atoms with E-state index in [1.807, 2.05) is 36.7 Å². The van der Waals surface area contributed by atoms with Gasteiger partial charge in [0.25, 0.3) is 0 Å². The summed E-state index contributed by atoms with van der Waals surface area (Å²) in [7, 11) is 0. The number of hydrogen-bond acceptors (Lipinski definition) is 6. The Hall–Kier alpha value is -3.52. The van der Waals surface area contributed by atoms with E-state index in [9.17, 15) is 4.39 Å². The smallest absolute Gasteiger partial charge is 0.228 e. The Kier molecular flexibility index (Phi) is 5.45. The lowest BCUT2D eigenvalue weighted by atomic mass is 10.1. The highest BCUT2D eigenvalue weighted by Gasteiger charge is 2.19. The van der Waals surface area contributed by atoms with Crippen LogP contribution in [-0.4, -0.2) is 52.8 Å². The molecule has 1 aliphatic heterocycles. The monoisotopic (exact) mass is 418 g/mol. The summed E-state index contributed by atoms with van der Waals surface area (Å²) in [6.07, 6.45) is 6.24. The molecule has 0 bridgehead atoms. The number of fused-ring (bicyclic) bond motifs is 1. The number of nitrogens with one attached hydrogen (secondary N) is 2. The fourth-order valence-electron chi connectivity index (χ4n) is 3.81. The van der Waals surface area contributed by atoms with Crippen LogP contribution in [-0.2, 0) is 11.2 Å². The quantitative estimate of drug-likeness (QED) is 0.498. The van der Waals surface area contributed by atoms with Crippen molar-refractivity contribution >= 4 is 22.7 Å². The fourth-order valence-corrected chi connectivity index (χ4v) is 3.81. The van der Waals surface area contributed by atoms with Crippen LogP contribution in [0.3, 0.4) is 0 Å². The van der Waals surface area contributed by atoms with E-state index in [-0.39, 0.29) is 5.82 Å². The van der Waals surface area contributed by atoms with Gasteiger partial charge in [-0.05, 0) is 36.2 Å². The number of rotatable bonds is 6. The van der Waals surface area contributed by atoms with Crippen LogP contribution in [0, 0.1) is 5.82 Å². The molecule has 0 unspecified atom stereocenters. The van der Waals surface area contributed by atoms with Crippen molar-refractivity contribution in [3.05, 3.63) is 66.4 Å². The van der Waals surface area contributed by atoms with E-state index in [4.69, 9.17) is 14.7 Å². The number of H-pyrrole nitrogens is 1. The summed E-state index contributed by atoms with van der Waals surface area (Å²) in [6, 6.07) is 10.9. The number of pyridine rings is 1. The van der Waals surface area contributed by atoms with Gasteiger partial charge in [-0.3, -0.25) is 4.98 Å². The van der Waals surface area contributed by atoms with Crippen LogP contribution < -0.4 is 10.2 Å². The molecule has 5 rings (SSSR count). The van der Waals surface area contributed by atoms with Crippen LogP contribution in [0.25, 0.3) is 22.2 Å². The normalized spacial score (nSPS) is 14.2. The molecule has 1 saturated heterocycles. The van der Waals surface area contributed by atoms with E-state index in [2.05, 4.69) is 20.2 Å². The van der Waals surface area contributed by atoms with Crippen LogP contribution in [0.15, 0.2) is 55.0 Å². The average Bonchev–Trinajstić information content (AvgIpc) is 3.29. The van der Waals surface area contributed by atoms with Crippen LogP contribution in [0.4, 0.5) is 16.2 Å². The van der Waals surface area contributed by atoms with Gasteiger partial charge < -0.3 is 19.9 Å². The van der Waals surface area contributed by atoms with Crippen molar-refractivity contribution in [2.45, 2.75) is 6.42 Å². The van der Waals surface area contributed by atoms with E-state index < -0.39 is 0 Å². The highest BCUT2D eigenvalue weighted by atomic mass is 19.1. The molecule has 1 aromatic carbocycles. The van der Waals surface area contributed by atoms with Gasteiger partial charge in [-0.2, -0.15) is 4.98 Å². The summed E-state index contributed by atoms with van der Waals surface area (Å²) in [5.74, 6) is 0.943. The Morgan fingerprint density at radius 1 is 1.13 bits per heavy atom. The number of benzene rings is 1. The molecule has 1 aliphatic rings. The zero-order chi connectivity index (χ0) is 21.0. The minimum Gasteiger partial charge on any atom is -0.378 e. The maximum Gasteiger partial charge on any atom is 0.228 e. The van der Waals surface area contributed by atoms with Gasteiger partial charge >= 0.3 is 0 Å². The van der Waals surface area contributed by atoms with Gasteiger partial charge in [0, 0.05) is 60.8 Å². The molecule has 0 aliphatic carbocycles. The van der Waals surface area contributed by atoms with Crippen molar-refractivity contribution in [3.8, 4) is 11.3 Å². The first-order valence-electron chi connectivity index (χ1n) is 10.4. The van der Waals surface area contributed by atoms with E-state index in [1.165, 1.54) is 6.07 Å². The minimum atomic E-state index is -0.306. The Balaban J connectivity index is 1.50. The largest absolute Gasteiger partial charge is 0.378 e. The second-order valence-electron chi connectivity index (χ2n) is 7.44. The third kappa shape index (κ3) is 4.20. The lowest BCUT2D eigenvalue weighted by Crippen LogP contribution is -2.37. The molecule has 3 aromatic heterocycles. The molecular weight excluding hydrogens is 395 g/mol. The number of hydrogen-bond donors (Lipinski definition) is 2. The van der Waals surface area contributed by atoms with Gasteiger partial charge in [-0.25, -0.2) is 9.37 Å². The Morgan fingerprint density at radius 2 is 2.03 bits per heavy atom. The number of nitrogens with zero attached hydrogens (tertiary/aromatic N) is 4. The average molecular weight is 418 g/mol. The lowest BCUT2D eigenvalue weighted by Gasteiger charge is -2.27. The number of aromatic nitrogens is 4. The van der Waals surface area contributed by atoms with Crippen molar-refractivity contribution < 1.29 is 9.13 Å². The Bertz CT molecular complexity index is 1170. The highest BCUT2D eigenvalue weighted by molar-refractivity contribution is 5.95. The topological polar surface area (TPSA) is 79.0 Å². The molecule has 4 aromatic rings. The zero-order valence-electron chi connectivity index (χ0n) is 17.0. The van der Waals surface area contributed by atoms with Crippen LogP contribution >= 0.6 is 0 Å². The summed E-state index contributed by atoms with van der Waals surface area (Å²) in [5, 5.41) is 4.18. The Labute approximate surface area is 179 Å². The highest BCUT2D eigenvalue weighted by Crippen LogP contribution is 2.32. The third-order valence-electron chi connectivity index (χ3n) is 5.39. The van der Waals surface area contributed by atoms with Crippen LogP contribution in [0.5, 0.6) is 0 Å². The van der Waals surface area contributed by atoms with Crippen molar-refractivity contribution in [2.24, 2.45) is 0 Å². The first kappa shape index (κ1) is 19.4. The van der Waals surface area contributed by atoms with E-state index in [1.54, 1.807) is 12.3 Å². The number of morpholine rings is 1. The second kappa shape index (κ2) is 8.69. The molecule has 1 fully saturated rings. The molecule has 0 spiro atoms. The van der Waals surface area contributed by atoms with Gasteiger partial charge in [0.1, 0.15) is 11.6 Å². The van der Waals surface area contributed by atoms with Gasteiger partial charge in [0.05, 0.1) is 18.9 Å². The molecule has 7 nitrogen and oxygen atoms in total. The van der Waals surface area contributed by atoms with Crippen molar-refractivity contribution in [3.63, 3.8) is 0 Å². The lowest BCUT2D eigenvalue weighted by molar-refractivity contribution is 0.122. The van der Waals surface area contributed by atoms with Crippen LogP contribution in [0.1, 0.15) is 5.56 Å². The molecule has 0 radical (unpaired) electrons. The third-order valence-corrected chi connectivity index (χ3v) is 5.39. The van der Waals surface area contributed by atoms with E-state index in [0.29, 0.717) is 55.9 Å². The number of ether oxygens (including phenoxy) is 1. The van der Waals surface area contributed by atoms with Crippen molar-refractivity contribution in [2.75, 3.05) is 43.1 Å². The van der Waals surface area contributed by atoms with Crippen molar-refractivity contribution in [1.82, 2.24) is 19.9 Å². The molecule has 0 amide bonds. The minimum absolute atomic E-state index is 0.306.